The molecule has 1 aliphatic rings. The molecule has 0 spiro atoms. The molecule has 4 heteroatoms. The van der Waals surface area contributed by atoms with Crippen molar-refractivity contribution in [3.63, 3.8) is 0 Å². The maximum absolute atomic E-state index is 12.2. The Balaban J connectivity index is 2.08. The molecule has 0 heterocycles. The third-order valence-corrected chi connectivity index (χ3v) is 4.19. The molecule has 1 aliphatic carbocycles. The largest absolute Gasteiger partial charge is 0.496 e. The van der Waals surface area contributed by atoms with Crippen molar-refractivity contribution in [2.75, 3.05) is 7.11 Å². The molecule has 0 aliphatic heterocycles. The molecule has 1 N–H and O–H groups in total. The minimum absolute atomic E-state index is 0.0207. The second-order valence-corrected chi connectivity index (χ2v) is 5.42. The number of hydrogen-bond donors (Lipinski definition) is 1. The van der Waals surface area contributed by atoms with Crippen LogP contribution in [0.4, 0.5) is 0 Å². The zero-order valence-corrected chi connectivity index (χ0v) is 12.1. The van der Waals surface area contributed by atoms with Crippen molar-refractivity contribution in [3.05, 3.63) is 28.2 Å². The summed E-state index contributed by atoms with van der Waals surface area (Å²) in [5.41, 5.74) is 0.639. The number of carbonyl (C=O) groups excluding carboxylic acids is 1. The number of rotatable bonds is 3. The fourth-order valence-corrected chi connectivity index (χ4v) is 2.96. The topological polar surface area (TPSA) is 38.3 Å². The lowest BCUT2D eigenvalue weighted by Crippen LogP contribution is -2.36. The third kappa shape index (κ3) is 3.05. The van der Waals surface area contributed by atoms with Crippen LogP contribution in [-0.2, 0) is 0 Å². The predicted octanol–water partition coefficient (Wildman–Crippen LogP) is 3.52. The van der Waals surface area contributed by atoms with Crippen molar-refractivity contribution < 1.29 is 9.53 Å². The van der Waals surface area contributed by atoms with Crippen LogP contribution in [0.1, 0.15) is 42.5 Å². The van der Waals surface area contributed by atoms with E-state index >= 15 is 0 Å². The fourth-order valence-electron chi connectivity index (χ4n) is 2.35. The number of methoxy groups -OCH3 is 1. The zero-order chi connectivity index (χ0) is 13.0. The summed E-state index contributed by atoms with van der Waals surface area (Å²) >= 11 is 3.42. The first-order chi connectivity index (χ1) is 8.72. The summed E-state index contributed by atoms with van der Waals surface area (Å²) in [5.74, 6) is 0.666. The van der Waals surface area contributed by atoms with Crippen LogP contribution >= 0.6 is 15.9 Å². The lowest BCUT2D eigenvalue weighted by molar-refractivity contribution is 0.0926. The van der Waals surface area contributed by atoms with E-state index in [4.69, 9.17) is 4.74 Å². The van der Waals surface area contributed by atoms with Crippen LogP contribution in [-0.4, -0.2) is 19.1 Å². The summed E-state index contributed by atoms with van der Waals surface area (Å²) in [5, 5.41) is 3.10. The summed E-state index contributed by atoms with van der Waals surface area (Å²) in [7, 11) is 1.60. The molecule has 1 fully saturated rings. The summed E-state index contributed by atoms with van der Waals surface area (Å²) in [6.07, 6.45) is 5.89. The summed E-state index contributed by atoms with van der Waals surface area (Å²) in [6, 6.07) is 5.80. The van der Waals surface area contributed by atoms with Crippen LogP contribution in [0.3, 0.4) is 0 Å². The first kappa shape index (κ1) is 13.4. The van der Waals surface area contributed by atoms with Crippen molar-refractivity contribution in [1.82, 2.24) is 5.32 Å². The molecule has 1 saturated carbocycles. The minimum atomic E-state index is -0.0207. The number of amides is 1. The molecule has 0 unspecified atom stereocenters. The highest BCUT2D eigenvalue weighted by Crippen LogP contribution is 2.28. The van der Waals surface area contributed by atoms with Gasteiger partial charge < -0.3 is 10.1 Å². The molecule has 18 heavy (non-hydrogen) atoms. The van der Waals surface area contributed by atoms with Crippen molar-refractivity contribution in [3.8, 4) is 5.75 Å². The first-order valence-electron chi connectivity index (χ1n) is 6.35. The van der Waals surface area contributed by atoms with E-state index in [0.717, 1.165) is 17.3 Å². The van der Waals surface area contributed by atoms with Gasteiger partial charge in [0.2, 0.25) is 0 Å². The Morgan fingerprint density at radius 1 is 1.33 bits per heavy atom. The van der Waals surface area contributed by atoms with Gasteiger partial charge in [0.15, 0.2) is 0 Å². The fraction of sp³-hybridized carbons (Fsp3) is 0.500. The lowest BCUT2D eigenvalue weighted by atomic mass is 9.95. The number of nitrogens with one attached hydrogen (secondary N) is 1. The molecule has 0 atom stereocenters. The maximum Gasteiger partial charge on any atom is 0.252 e. The second-order valence-electron chi connectivity index (χ2n) is 4.63. The van der Waals surface area contributed by atoms with E-state index in [1.165, 1.54) is 19.3 Å². The molecule has 0 bridgehead atoms. The number of hydrogen-bond acceptors (Lipinski definition) is 2. The molecule has 0 aromatic heterocycles. The highest BCUT2D eigenvalue weighted by Gasteiger charge is 2.19. The molecular formula is C14H18BrNO2. The maximum atomic E-state index is 12.2. The summed E-state index contributed by atoms with van der Waals surface area (Å²) < 4.78 is 5.92. The molecule has 1 amide bonds. The molecular weight excluding hydrogens is 294 g/mol. The lowest BCUT2D eigenvalue weighted by Gasteiger charge is -2.23. The third-order valence-electron chi connectivity index (χ3n) is 3.37. The van der Waals surface area contributed by atoms with Crippen LogP contribution in [0.2, 0.25) is 0 Å². The van der Waals surface area contributed by atoms with E-state index in [9.17, 15) is 4.79 Å². The van der Waals surface area contributed by atoms with E-state index in [2.05, 4.69) is 21.2 Å². The highest BCUT2D eigenvalue weighted by atomic mass is 79.9. The first-order valence-corrected chi connectivity index (χ1v) is 7.15. The molecule has 0 saturated heterocycles. The average Bonchev–Trinajstić information content (AvgIpc) is 2.40. The number of carbonyl (C=O) groups is 1. The minimum Gasteiger partial charge on any atom is -0.496 e. The van der Waals surface area contributed by atoms with E-state index < -0.39 is 0 Å². The van der Waals surface area contributed by atoms with Gasteiger partial charge in [-0.3, -0.25) is 4.79 Å². The Bertz CT molecular complexity index is 428. The molecule has 98 valence electrons. The summed E-state index contributed by atoms with van der Waals surface area (Å²) in [6.45, 7) is 0. The monoisotopic (exact) mass is 311 g/mol. The second kappa shape index (κ2) is 6.23. The Hall–Kier alpha value is -1.03. The number of halogens is 1. The van der Waals surface area contributed by atoms with Crippen molar-refractivity contribution in [2.24, 2.45) is 0 Å². The molecule has 1 aromatic rings. The van der Waals surface area contributed by atoms with Crippen LogP contribution in [0.25, 0.3) is 0 Å². The van der Waals surface area contributed by atoms with Gasteiger partial charge in [-0.1, -0.05) is 25.3 Å². The van der Waals surface area contributed by atoms with Crippen molar-refractivity contribution in [2.45, 2.75) is 38.1 Å². The van der Waals surface area contributed by atoms with E-state index in [-0.39, 0.29) is 5.91 Å². The normalized spacial score (nSPS) is 16.3. The molecule has 3 nitrogen and oxygen atoms in total. The Labute approximate surface area is 116 Å². The Kier molecular flexibility index (Phi) is 4.64. The van der Waals surface area contributed by atoms with Gasteiger partial charge >= 0.3 is 0 Å². The van der Waals surface area contributed by atoms with E-state index in [1.807, 2.05) is 18.2 Å². The quantitative estimate of drug-likeness (QED) is 0.927. The molecule has 2 rings (SSSR count). The SMILES string of the molecule is COc1cccc(C(=O)NC2CCCCC2)c1Br. The Morgan fingerprint density at radius 2 is 2.06 bits per heavy atom. The van der Waals surface area contributed by atoms with Gasteiger partial charge in [-0.05, 0) is 40.9 Å². The van der Waals surface area contributed by atoms with Gasteiger partial charge in [0.1, 0.15) is 5.75 Å². The standard InChI is InChI=1S/C14H18BrNO2/c1-18-12-9-5-8-11(13(12)15)14(17)16-10-6-3-2-4-7-10/h5,8-10H,2-4,6-7H2,1H3,(H,16,17). The van der Waals surface area contributed by atoms with Crippen molar-refractivity contribution >= 4 is 21.8 Å². The number of benzene rings is 1. The van der Waals surface area contributed by atoms with E-state index in [1.54, 1.807) is 7.11 Å². The molecule has 1 aromatic carbocycles. The van der Waals surface area contributed by atoms with Gasteiger partial charge in [-0.25, -0.2) is 0 Å². The Morgan fingerprint density at radius 3 is 2.72 bits per heavy atom. The van der Waals surface area contributed by atoms with Gasteiger partial charge in [0.05, 0.1) is 17.1 Å². The van der Waals surface area contributed by atoms with Gasteiger partial charge in [-0.15, -0.1) is 0 Å². The smallest absolute Gasteiger partial charge is 0.252 e. The number of ether oxygens (including phenoxy) is 1. The van der Waals surface area contributed by atoms with E-state index in [0.29, 0.717) is 17.4 Å². The average molecular weight is 312 g/mol. The van der Waals surface area contributed by atoms with Crippen LogP contribution in [0.5, 0.6) is 5.75 Å². The molecule has 0 radical (unpaired) electrons. The van der Waals surface area contributed by atoms with Crippen LogP contribution < -0.4 is 10.1 Å². The summed E-state index contributed by atoms with van der Waals surface area (Å²) in [4.78, 5) is 12.2. The van der Waals surface area contributed by atoms with Crippen LogP contribution in [0.15, 0.2) is 22.7 Å². The van der Waals surface area contributed by atoms with Gasteiger partial charge in [0, 0.05) is 6.04 Å². The van der Waals surface area contributed by atoms with Crippen LogP contribution in [0, 0.1) is 0 Å². The van der Waals surface area contributed by atoms with Crippen molar-refractivity contribution in [1.29, 1.82) is 0 Å². The van der Waals surface area contributed by atoms with Gasteiger partial charge in [0.25, 0.3) is 5.91 Å². The highest BCUT2D eigenvalue weighted by molar-refractivity contribution is 9.10. The predicted molar refractivity (Wildman–Crippen MR) is 75.0 cm³/mol. The zero-order valence-electron chi connectivity index (χ0n) is 10.5. The van der Waals surface area contributed by atoms with Gasteiger partial charge in [-0.2, -0.15) is 0 Å².